The quantitative estimate of drug-likeness (QED) is 0.528. The maximum atomic E-state index is 14.0. The van der Waals surface area contributed by atoms with Gasteiger partial charge in [-0.05, 0) is 18.2 Å². The van der Waals surface area contributed by atoms with Crippen molar-refractivity contribution in [2.24, 2.45) is 5.10 Å². The minimum Gasteiger partial charge on any atom is -0.465 e. The molecule has 0 amide bonds. The van der Waals surface area contributed by atoms with Gasteiger partial charge in [0.25, 0.3) is 0 Å². The van der Waals surface area contributed by atoms with Crippen molar-refractivity contribution in [3.8, 4) is 0 Å². The fraction of sp³-hybridized carbons (Fsp3) is 0.0667. The number of anilines is 1. The molecule has 20 heavy (non-hydrogen) atoms. The Morgan fingerprint density at radius 2 is 1.95 bits per heavy atom. The van der Waals surface area contributed by atoms with E-state index in [1.165, 1.54) is 25.5 Å². The highest BCUT2D eigenvalue weighted by Gasteiger charge is 2.13. The van der Waals surface area contributed by atoms with Crippen molar-refractivity contribution in [2.45, 2.75) is 0 Å². The Labute approximate surface area is 115 Å². The maximum absolute atomic E-state index is 14.0. The Hall–Kier alpha value is -2.69. The highest BCUT2D eigenvalue weighted by Crippen LogP contribution is 2.12. The van der Waals surface area contributed by atoms with Gasteiger partial charge < -0.3 is 4.74 Å². The summed E-state index contributed by atoms with van der Waals surface area (Å²) in [7, 11) is 1.21. The predicted molar refractivity (Wildman–Crippen MR) is 75.4 cm³/mol. The second-order valence-corrected chi connectivity index (χ2v) is 3.94. The van der Waals surface area contributed by atoms with Crippen molar-refractivity contribution >= 4 is 17.9 Å². The summed E-state index contributed by atoms with van der Waals surface area (Å²) >= 11 is 0. The van der Waals surface area contributed by atoms with E-state index in [0.717, 1.165) is 5.69 Å². The zero-order valence-corrected chi connectivity index (χ0v) is 10.8. The molecule has 5 heteroatoms. The second-order valence-electron chi connectivity index (χ2n) is 3.94. The van der Waals surface area contributed by atoms with Gasteiger partial charge in [0, 0.05) is 5.56 Å². The molecule has 0 unspecified atom stereocenters. The molecule has 1 N–H and O–H groups in total. The van der Waals surface area contributed by atoms with Crippen LogP contribution in [0.15, 0.2) is 53.6 Å². The summed E-state index contributed by atoms with van der Waals surface area (Å²) < 4.78 is 18.5. The van der Waals surface area contributed by atoms with E-state index < -0.39 is 11.8 Å². The van der Waals surface area contributed by atoms with Crippen LogP contribution in [0.5, 0.6) is 0 Å². The van der Waals surface area contributed by atoms with Gasteiger partial charge in [-0.15, -0.1) is 0 Å². The van der Waals surface area contributed by atoms with Gasteiger partial charge in [-0.3, -0.25) is 5.43 Å². The number of nitrogens with one attached hydrogen (secondary N) is 1. The van der Waals surface area contributed by atoms with E-state index in [1.807, 2.05) is 30.3 Å². The minimum atomic E-state index is -0.714. The van der Waals surface area contributed by atoms with Crippen LogP contribution in [-0.2, 0) is 4.74 Å². The largest absolute Gasteiger partial charge is 0.465 e. The number of para-hydroxylation sites is 1. The average molecular weight is 272 g/mol. The molecule has 0 saturated heterocycles. The molecule has 0 aliphatic carbocycles. The molecule has 102 valence electrons. The second kappa shape index (κ2) is 6.47. The lowest BCUT2D eigenvalue weighted by Crippen LogP contribution is -2.06. The summed E-state index contributed by atoms with van der Waals surface area (Å²) in [6, 6.07) is 13.7. The standard InChI is InChI=1S/C15H13FN2O2/c1-20-15(19)13-9-5-6-11(14(13)16)10-17-18-12-7-3-2-4-8-12/h2-10,18H,1H3. The zero-order valence-electron chi connectivity index (χ0n) is 10.8. The monoisotopic (exact) mass is 272 g/mol. The lowest BCUT2D eigenvalue weighted by atomic mass is 10.1. The predicted octanol–water partition coefficient (Wildman–Crippen LogP) is 3.06. The summed E-state index contributed by atoms with van der Waals surface area (Å²) in [4.78, 5) is 11.4. The maximum Gasteiger partial charge on any atom is 0.340 e. The van der Waals surface area contributed by atoms with Crippen LogP contribution in [-0.4, -0.2) is 19.3 Å². The van der Waals surface area contributed by atoms with Gasteiger partial charge in [-0.2, -0.15) is 5.10 Å². The van der Waals surface area contributed by atoms with Gasteiger partial charge in [-0.25, -0.2) is 9.18 Å². The number of carbonyl (C=O) groups excluding carboxylic acids is 1. The first kappa shape index (κ1) is 13.7. The number of ether oxygens (including phenoxy) is 1. The summed E-state index contributed by atoms with van der Waals surface area (Å²) in [5, 5.41) is 3.93. The molecule has 0 fully saturated rings. The van der Waals surface area contributed by atoms with Crippen LogP contribution in [0, 0.1) is 5.82 Å². The van der Waals surface area contributed by atoms with Gasteiger partial charge in [0.05, 0.1) is 24.6 Å². The average Bonchev–Trinajstić information content (AvgIpc) is 2.49. The molecular weight excluding hydrogens is 259 g/mol. The van der Waals surface area contributed by atoms with E-state index in [1.54, 1.807) is 6.07 Å². The molecule has 4 nitrogen and oxygen atoms in total. The van der Waals surface area contributed by atoms with Crippen LogP contribution >= 0.6 is 0 Å². The third-order valence-corrected chi connectivity index (χ3v) is 2.60. The fourth-order valence-corrected chi connectivity index (χ4v) is 1.61. The Morgan fingerprint density at radius 3 is 2.65 bits per heavy atom. The lowest BCUT2D eigenvalue weighted by molar-refractivity contribution is 0.0595. The number of halogens is 1. The lowest BCUT2D eigenvalue weighted by Gasteiger charge is -2.03. The van der Waals surface area contributed by atoms with Gasteiger partial charge in [0.1, 0.15) is 5.82 Å². The summed E-state index contributed by atoms with van der Waals surface area (Å²) in [5.74, 6) is -1.37. The van der Waals surface area contributed by atoms with Gasteiger partial charge in [0.2, 0.25) is 0 Å². The van der Waals surface area contributed by atoms with Crippen LogP contribution in [0.4, 0.5) is 10.1 Å². The van der Waals surface area contributed by atoms with E-state index in [-0.39, 0.29) is 11.1 Å². The van der Waals surface area contributed by atoms with E-state index in [0.29, 0.717) is 0 Å². The number of hydrogen-bond donors (Lipinski definition) is 1. The summed E-state index contributed by atoms with van der Waals surface area (Å²) in [5.41, 5.74) is 3.65. The first-order valence-corrected chi connectivity index (χ1v) is 5.93. The molecule has 2 rings (SSSR count). The highest BCUT2D eigenvalue weighted by atomic mass is 19.1. The number of hydrazone groups is 1. The van der Waals surface area contributed by atoms with Gasteiger partial charge in [0.15, 0.2) is 0 Å². The molecule has 2 aromatic carbocycles. The van der Waals surface area contributed by atoms with E-state index in [9.17, 15) is 9.18 Å². The van der Waals surface area contributed by atoms with Crippen LogP contribution in [0.25, 0.3) is 0 Å². The minimum absolute atomic E-state index is 0.115. The fourth-order valence-electron chi connectivity index (χ4n) is 1.61. The molecule has 0 aliphatic heterocycles. The van der Waals surface area contributed by atoms with Crippen molar-refractivity contribution in [3.05, 3.63) is 65.5 Å². The van der Waals surface area contributed by atoms with Crippen molar-refractivity contribution in [1.82, 2.24) is 0 Å². The van der Waals surface area contributed by atoms with Crippen LogP contribution in [0.1, 0.15) is 15.9 Å². The summed E-state index contributed by atoms with van der Waals surface area (Å²) in [6.07, 6.45) is 1.31. The number of methoxy groups -OCH3 is 1. The Balaban J connectivity index is 2.15. The Kier molecular flexibility index (Phi) is 4.44. The topological polar surface area (TPSA) is 50.7 Å². The molecular formula is C15H13FN2O2. The first-order chi connectivity index (χ1) is 9.72. The number of nitrogens with zero attached hydrogens (tertiary/aromatic N) is 1. The molecule has 2 aromatic rings. The molecule has 0 spiro atoms. The SMILES string of the molecule is COC(=O)c1cccc(C=NNc2ccccc2)c1F. The Bertz CT molecular complexity index is 627. The molecule has 0 aromatic heterocycles. The third kappa shape index (κ3) is 3.20. The number of hydrogen-bond acceptors (Lipinski definition) is 4. The zero-order chi connectivity index (χ0) is 14.4. The molecule has 0 radical (unpaired) electrons. The van der Waals surface area contributed by atoms with E-state index in [2.05, 4.69) is 15.3 Å². The van der Waals surface area contributed by atoms with Crippen molar-refractivity contribution < 1.29 is 13.9 Å². The number of esters is 1. The normalized spacial score (nSPS) is 10.5. The van der Waals surface area contributed by atoms with Gasteiger partial charge >= 0.3 is 5.97 Å². The number of carbonyl (C=O) groups is 1. The number of rotatable bonds is 4. The highest BCUT2D eigenvalue weighted by molar-refractivity contribution is 5.92. The third-order valence-electron chi connectivity index (χ3n) is 2.60. The smallest absolute Gasteiger partial charge is 0.340 e. The molecule has 0 bridgehead atoms. The van der Waals surface area contributed by atoms with Crippen LogP contribution < -0.4 is 5.43 Å². The Morgan fingerprint density at radius 1 is 1.20 bits per heavy atom. The number of benzene rings is 2. The van der Waals surface area contributed by atoms with E-state index >= 15 is 0 Å². The molecule has 0 heterocycles. The van der Waals surface area contributed by atoms with E-state index in [4.69, 9.17) is 0 Å². The molecule has 0 atom stereocenters. The van der Waals surface area contributed by atoms with Gasteiger partial charge in [-0.1, -0.05) is 30.3 Å². The molecule has 0 aliphatic rings. The molecule has 0 saturated carbocycles. The van der Waals surface area contributed by atoms with Crippen molar-refractivity contribution in [1.29, 1.82) is 0 Å². The van der Waals surface area contributed by atoms with Crippen LogP contribution in [0.2, 0.25) is 0 Å². The van der Waals surface area contributed by atoms with Crippen molar-refractivity contribution in [3.63, 3.8) is 0 Å². The summed E-state index contributed by atoms with van der Waals surface area (Å²) in [6.45, 7) is 0. The van der Waals surface area contributed by atoms with Crippen molar-refractivity contribution in [2.75, 3.05) is 12.5 Å². The first-order valence-electron chi connectivity index (χ1n) is 5.93. The van der Waals surface area contributed by atoms with Crippen LogP contribution in [0.3, 0.4) is 0 Å².